The number of carbonyl (C=O) groups is 2. The van der Waals surface area contributed by atoms with E-state index in [0.29, 0.717) is 44.3 Å². The van der Waals surface area contributed by atoms with Gasteiger partial charge in [0, 0.05) is 11.6 Å². The van der Waals surface area contributed by atoms with E-state index in [-0.39, 0.29) is 18.1 Å². The van der Waals surface area contributed by atoms with Crippen LogP contribution in [0.3, 0.4) is 0 Å². The summed E-state index contributed by atoms with van der Waals surface area (Å²) in [4.78, 5) is 43.6. The Hall–Kier alpha value is -4.50. The van der Waals surface area contributed by atoms with Crippen LogP contribution in [0.5, 0.6) is 0 Å². The third kappa shape index (κ3) is 5.13. The minimum absolute atomic E-state index is 0.216. The zero-order valence-electron chi connectivity index (χ0n) is 21.7. The van der Waals surface area contributed by atoms with Crippen molar-refractivity contribution in [2.45, 2.75) is 26.8 Å². The van der Waals surface area contributed by atoms with Gasteiger partial charge in [0.05, 0.1) is 40.6 Å². The Morgan fingerprint density at radius 2 is 1.67 bits per heavy atom. The molecule has 198 valence electrons. The van der Waals surface area contributed by atoms with E-state index in [0.717, 1.165) is 11.1 Å². The number of furan rings is 1. The van der Waals surface area contributed by atoms with Gasteiger partial charge >= 0.3 is 11.9 Å². The lowest BCUT2D eigenvalue weighted by Gasteiger charge is -2.24. The van der Waals surface area contributed by atoms with Gasteiger partial charge in [-0.25, -0.2) is 14.6 Å². The first-order chi connectivity index (χ1) is 18.9. The molecule has 1 aliphatic rings. The fourth-order valence-corrected chi connectivity index (χ4v) is 5.47. The second kappa shape index (κ2) is 11.1. The highest BCUT2D eigenvalue weighted by molar-refractivity contribution is 7.07. The maximum Gasteiger partial charge on any atom is 0.338 e. The Balaban J connectivity index is 1.53. The molecule has 0 N–H and O–H groups in total. The number of benzene rings is 2. The summed E-state index contributed by atoms with van der Waals surface area (Å²) in [5.74, 6) is 0.204. The van der Waals surface area contributed by atoms with Crippen molar-refractivity contribution in [3.63, 3.8) is 0 Å². The normalized spacial score (nSPS) is 15.1. The molecule has 0 bridgehead atoms. The molecule has 2 aromatic carbocycles. The predicted molar refractivity (Wildman–Crippen MR) is 147 cm³/mol. The molecule has 0 fully saturated rings. The molecule has 0 aliphatic carbocycles. The van der Waals surface area contributed by atoms with Crippen molar-refractivity contribution in [2.75, 3.05) is 13.2 Å². The number of esters is 2. The number of aromatic nitrogens is 1. The number of thiazole rings is 1. The lowest BCUT2D eigenvalue weighted by atomic mass is 9.96. The van der Waals surface area contributed by atoms with Crippen molar-refractivity contribution in [3.05, 3.63) is 115 Å². The van der Waals surface area contributed by atoms with Gasteiger partial charge in [-0.05, 0) is 50.6 Å². The van der Waals surface area contributed by atoms with Crippen molar-refractivity contribution in [3.8, 4) is 11.3 Å². The van der Waals surface area contributed by atoms with Gasteiger partial charge in [-0.2, -0.15) is 0 Å². The van der Waals surface area contributed by atoms with Crippen LogP contribution in [0.25, 0.3) is 17.4 Å². The van der Waals surface area contributed by atoms with Crippen molar-refractivity contribution >= 4 is 29.4 Å². The molecule has 9 heteroatoms. The van der Waals surface area contributed by atoms with Crippen molar-refractivity contribution in [1.82, 2.24) is 4.57 Å². The highest BCUT2D eigenvalue weighted by Gasteiger charge is 2.33. The zero-order valence-corrected chi connectivity index (χ0v) is 22.5. The average Bonchev–Trinajstić information content (AvgIpc) is 3.53. The molecule has 0 saturated carbocycles. The number of carbonyl (C=O) groups excluding carboxylic acids is 2. The number of ether oxygens (including phenoxy) is 2. The first kappa shape index (κ1) is 26.1. The Morgan fingerprint density at radius 3 is 2.36 bits per heavy atom. The number of nitrogens with zero attached hydrogens (tertiary/aromatic N) is 2. The molecule has 3 heterocycles. The summed E-state index contributed by atoms with van der Waals surface area (Å²) < 4.78 is 18.3. The van der Waals surface area contributed by atoms with Gasteiger partial charge in [0.2, 0.25) is 0 Å². The Labute approximate surface area is 228 Å². The highest BCUT2D eigenvalue weighted by Crippen LogP contribution is 2.30. The topological polar surface area (TPSA) is 100 Å². The molecule has 0 saturated heterocycles. The predicted octanol–water partition coefficient (Wildman–Crippen LogP) is 4.24. The van der Waals surface area contributed by atoms with E-state index in [4.69, 9.17) is 13.9 Å². The lowest BCUT2D eigenvalue weighted by Crippen LogP contribution is -2.39. The van der Waals surface area contributed by atoms with Crippen molar-refractivity contribution in [1.29, 1.82) is 0 Å². The third-order valence-corrected chi connectivity index (χ3v) is 7.20. The fourth-order valence-electron chi connectivity index (χ4n) is 4.44. The molecule has 4 aromatic rings. The highest BCUT2D eigenvalue weighted by atomic mass is 32.1. The lowest BCUT2D eigenvalue weighted by molar-refractivity contribution is -0.139. The second-order valence-corrected chi connectivity index (χ2v) is 9.72. The molecular weight excluding hydrogens is 516 g/mol. The molecular formula is C30H26N2O6S. The van der Waals surface area contributed by atoms with E-state index in [1.807, 2.05) is 30.3 Å². The van der Waals surface area contributed by atoms with Gasteiger partial charge in [-0.15, -0.1) is 0 Å². The van der Waals surface area contributed by atoms with Crippen LogP contribution in [-0.4, -0.2) is 29.7 Å². The van der Waals surface area contributed by atoms with E-state index in [9.17, 15) is 14.4 Å². The van der Waals surface area contributed by atoms with Crippen LogP contribution in [-0.2, 0) is 14.3 Å². The Bertz CT molecular complexity index is 1740. The molecule has 0 unspecified atom stereocenters. The summed E-state index contributed by atoms with van der Waals surface area (Å²) in [6.07, 6.45) is 1.67. The Kier molecular flexibility index (Phi) is 7.42. The second-order valence-electron chi connectivity index (χ2n) is 8.71. The number of allylic oxidation sites excluding steroid dienone is 1. The maximum absolute atomic E-state index is 13.7. The zero-order chi connectivity index (χ0) is 27.5. The summed E-state index contributed by atoms with van der Waals surface area (Å²) in [5, 5.41) is 0. The summed E-state index contributed by atoms with van der Waals surface area (Å²) in [6.45, 7) is 5.78. The summed E-state index contributed by atoms with van der Waals surface area (Å²) in [7, 11) is 0. The quantitative estimate of drug-likeness (QED) is 0.324. The van der Waals surface area contributed by atoms with Crippen LogP contribution < -0.4 is 14.9 Å². The average molecular weight is 543 g/mol. The number of rotatable bonds is 7. The molecule has 1 atom stereocenters. The molecule has 0 amide bonds. The molecule has 39 heavy (non-hydrogen) atoms. The molecule has 0 radical (unpaired) electrons. The van der Waals surface area contributed by atoms with E-state index < -0.39 is 12.0 Å². The van der Waals surface area contributed by atoms with E-state index in [1.165, 1.54) is 11.3 Å². The van der Waals surface area contributed by atoms with Gasteiger partial charge in [-0.3, -0.25) is 9.36 Å². The van der Waals surface area contributed by atoms with E-state index in [2.05, 4.69) is 4.99 Å². The first-order valence-corrected chi connectivity index (χ1v) is 13.3. The molecule has 5 rings (SSSR count). The van der Waals surface area contributed by atoms with Gasteiger partial charge < -0.3 is 13.9 Å². The van der Waals surface area contributed by atoms with Crippen molar-refractivity contribution in [2.24, 2.45) is 4.99 Å². The van der Waals surface area contributed by atoms with Gasteiger partial charge in [0.1, 0.15) is 11.5 Å². The van der Waals surface area contributed by atoms with Gasteiger partial charge in [0.25, 0.3) is 5.56 Å². The Morgan fingerprint density at radius 1 is 0.974 bits per heavy atom. The van der Waals surface area contributed by atoms with Crippen LogP contribution in [0.1, 0.15) is 48.5 Å². The third-order valence-electron chi connectivity index (χ3n) is 6.21. The maximum atomic E-state index is 13.7. The van der Waals surface area contributed by atoms with Gasteiger partial charge in [-0.1, -0.05) is 53.8 Å². The SMILES string of the molecule is CCOC(=O)C1=C(C)N=c2s/c(=C/c3ccc(-c4ccc(C(=O)OCC)cc4)o3)c(=O)n2[C@H]1c1ccccc1. The summed E-state index contributed by atoms with van der Waals surface area (Å²) >= 11 is 1.23. The smallest absolute Gasteiger partial charge is 0.338 e. The number of hydrogen-bond donors (Lipinski definition) is 0. The first-order valence-electron chi connectivity index (χ1n) is 12.5. The number of hydrogen-bond acceptors (Lipinski definition) is 8. The van der Waals surface area contributed by atoms with Crippen LogP contribution in [0.2, 0.25) is 0 Å². The van der Waals surface area contributed by atoms with Crippen LogP contribution in [0, 0.1) is 0 Å². The number of fused-ring (bicyclic) bond motifs is 1. The van der Waals surface area contributed by atoms with Crippen LogP contribution >= 0.6 is 11.3 Å². The van der Waals surface area contributed by atoms with Gasteiger partial charge in [0.15, 0.2) is 4.80 Å². The van der Waals surface area contributed by atoms with E-state index in [1.54, 1.807) is 67.8 Å². The largest absolute Gasteiger partial charge is 0.463 e. The summed E-state index contributed by atoms with van der Waals surface area (Å²) in [6, 6.07) is 19.2. The van der Waals surface area contributed by atoms with Crippen molar-refractivity contribution < 1.29 is 23.5 Å². The standard InChI is InChI=1S/C30H26N2O6S/c1-4-36-28(34)21-13-11-19(12-14-21)23-16-15-22(38-23)17-24-27(33)32-26(20-9-7-6-8-10-20)25(29(35)37-5-2)18(3)31-30(32)39-24/h6-17,26H,4-5H2,1-3H3/b24-17+/t26-/m0/s1. The van der Waals surface area contributed by atoms with Crippen LogP contribution in [0.15, 0.2) is 92.2 Å². The minimum atomic E-state index is -0.659. The van der Waals surface area contributed by atoms with E-state index >= 15 is 0 Å². The monoisotopic (exact) mass is 542 g/mol. The summed E-state index contributed by atoms with van der Waals surface area (Å²) in [5.41, 5.74) is 2.60. The molecule has 8 nitrogen and oxygen atoms in total. The van der Waals surface area contributed by atoms with Crippen LogP contribution in [0.4, 0.5) is 0 Å². The molecule has 0 spiro atoms. The molecule has 2 aromatic heterocycles. The minimum Gasteiger partial charge on any atom is -0.463 e. The fraction of sp³-hybridized carbons (Fsp3) is 0.200. The molecule has 1 aliphatic heterocycles.